The molecule has 27 heavy (non-hydrogen) atoms. The lowest BCUT2D eigenvalue weighted by Crippen LogP contribution is -2.52. The van der Waals surface area contributed by atoms with Crippen LogP contribution in [0.15, 0.2) is 35.2 Å². The summed E-state index contributed by atoms with van der Waals surface area (Å²) in [5, 5.41) is 0. The summed E-state index contributed by atoms with van der Waals surface area (Å²) in [7, 11) is -3.49. The highest BCUT2D eigenvalue weighted by Crippen LogP contribution is 2.38. The standard InChI is InChI=1S/C19H25N3O4S/c23-18-16-8-4-5-9-17(16)19(24)22(18)14-20-10-12-21(13-11-20)27(25,26)15-6-2-1-3-7-15/h1-3,6-7,16-17H,4-5,8-14H2/t16-,17-/m1/s1. The fourth-order valence-corrected chi connectivity index (χ4v) is 5.87. The zero-order chi connectivity index (χ0) is 19.0. The molecule has 7 nitrogen and oxygen atoms in total. The van der Waals surface area contributed by atoms with E-state index in [9.17, 15) is 18.0 Å². The van der Waals surface area contributed by atoms with Gasteiger partial charge in [0, 0.05) is 26.2 Å². The van der Waals surface area contributed by atoms with Gasteiger partial charge in [0.1, 0.15) is 0 Å². The number of benzene rings is 1. The van der Waals surface area contributed by atoms with Crippen LogP contribution in [-0.4, -0.2) is 67.2 Å². The SMILES string of the molecule is O=C1[C@@H]2CCCC[C@H]2C(=O)N1CN1CCN(S(=O)(=O)c2ccccc2)CC1. The minimum atomic E-state index is -3.49. The average molecular weight is 391 g/mol. The first-order valence-electron chi connectivity index (χ1n) is 9.61. The van der Waals surface area contributed by atoms with E-state index in [0.29, 0.717) is 31.1 Å². The van der Waals surface area contributed by atoms with Gasteiger partial charge in [-0.05, 0) is 25.0 Å². The van der Waals surface area contributed by atoms with E-state index in [0.717, 1.165) is 25.7 Å². The van der Waals surface area contributed by atoms with E-state index in [-0.39, 0.29) is 30.3 Å². The van der Waals surface area contributed by atoms with E-state index in [1.54, 1.807) is 30.3 Å². The van der Waals surface area contributed by atoms with Crippen molar-refractivity contribution in [2.75, 3.05) is 32.8 Å². The van der Waals surface area contributed by atoms with Gasteiger partial charge in [-0.3, -0.25) is 19.4 Å². The monoisotopic (exact) mass is 391 g/mol. The number of likely N-dealkylation sites (tertiary alicyclic amines) is 1. The molecule has 0 N–H and O–H groups in total. The number of hydrogen-bond donors (Lipinski definition) is 0. The predicted molar refractivity (Wildman–Crippen MR) is 98.9 cm³/mol. The molecule has 3 fully saturated rings. The van der Waals surface area contributed by atoms with Gasteiger partial charge in [0.25, 0.3) is 0 Å². The van der Waals surface area contributed by atoms with Crippen LogP contribution >= 0.6 is 0 Å². The lowest BCUT2D eigenvalue weighted by atomic mass is 9.81. The highest BCUT2D eigenvalue weighted by atomic mass is 32.2. The quantitative estimate of drug-likeness (QED) is 0.719. The van der Waals surface area contributed by atoms with E-state index in [1.807, 2.05) is 4.90 Å². The number of piperazine rings is 1. The smallest absolute Gasteiger partial charge is 0.243 e. The lowest BCUT2D eigenvalue weighted by Gasteiger charge is -2.35. The largest absolute Gasteiger partial charge is 0.283 e. The van der Waals surface area contributed by atoms with Gasteiger partial charge in [-0.1, -0.05) is 31.0 Å². The summed E-state index contributed by atoms with van der Waals surface area (Å²) in [4.78, 5) is 28.9. The van der Waals surface area contributed by atoms with Gasteiger partial charge in [-0.15, -0.1) is 0 Å². The maximum absolute atomic E-state index is 12.7. The lowest BCUT2D eigenvalue weighted by molar-refractivity contribution is -0.142. The summed E-state index contributed by atoms with van der Waals surface area (Å²) >= 11 is 0. The Morgan fingerprint density at radius 3 is 1.96 bits per heavy atom. The van der Waals surface area contributed by atoms with Crippen molar-refractivity contribution in [1.82, 2.24) is 14.1 Å². The molecule has 1 saturated carbocycles. The first-order valence-corrected chi connectivity index (χ1v) is 11.1. The molecule has 1 aromatic carbocycles. The Bertz CT molecular complexity index is 795. The van der Waals surface area contributed by atoms with Crippen molar-refractivity contribution in [3.63, 3.8) is 0 Å². The first-order chi connectivity index (χ1) is 13.0. The minimum absolute atomic E-state index is 0.0379. The Balaban J connectivity index is 1.37. The van der Waals surface area contributed by atoms with Crippen LogP contribution in [0.5, 0.6) is 0 Å². The Morgan fingerprint density at radius 2 is 1.41 bits per heavy atom. The van der Waals surface area contributed by atoms with E-state index in [4.69, 9.17) is 0 Å². The van der Waals surface area contributed by atoms with E-state index in [2.05, 4.69) is 0 Å². The van der Waals surface area contributed by atoms with Crippen molar-refractivity contribution in [3.05, 3.63) is 30.3 Å². The molecule has 0 bridgehead atoms. The molecule has 2 atom stereocenters. The van der Waals surface area contributed by atoms with Crippen molar-refractivity contribution < 1.29 is 18.0 Å². The molecule has 146 valence electrons. The maximum atomic E-state index is 12.7. The fourth-order valence-electron chi connectivity index (χ4n) is 4.42. The highest BCUT2D eigenvalue weighted by molar-refractivity contribution is 7.89. The predicted octanol–water partition coefficient (Wildman–Crippen LogP) is 1.13. The third-order valence-corrected chi connectivity index (χ3v) is 7.90. The van der Waals surface area contributed by atoms with E-state index >= 15 is 0 Å². The molecule has 0 radical (unpaired) electrons. The summed E-state index contributed by atoms with van der Waals surface area (Å²) in [6.45, 7) is 2.03. The number of hydrogen-bond acceptors (Lipinski definition) is 5. The second kappa shape index (κ2) is 7.33. The van der Waals surface area contributed by atoms with Crippen molar-refractivity contribution in [2.24, 2.45) is 11.8 Å². The summed E-state index contributed by atoms with van der Waals surface area (Å²) in [5.41, 5.74) is 0. The third kappa shape index (κ3) is 3.41. The van der Waals surface area contributed by atoms with Crippen molar-refractivity contribution in [1.29, 1.82) is 0 Å². The molecule has 0 spiro atoms. The second-order valence-corrected chi connectivity index (χ2v) is 9.52. The molecule has 4 rings (SSSR count). The van der Waals surface area contributed by atoms with Crippen molar-refractivity contribution in [2.45, 2.75) is 30.6 Å². The zero-order valence-electron chi connectivity index (χ0n) is 15.3. The van der Waals surface area contributed by atoms with E-state index in [1.165, 1.54) is 9.21 Å². The Labute approximate surface area is 160 Å². The van der Waals surface area contributed by atoms with Crippen LogP contribution in [0, 0.1) is 11.8 Å². The van der Waals surface area contributed by atoms with Gasteiger partial charge in [-0.25, -0.2) is 8.42 Å². The van der Waals surface area contributed by atoms with Gasteiger partial charge in [-0.2, -0.15) is 4.31 Å². The molecule has 0 aromatic heterocycles. The summed E-state index contributed by atoms with van der Waals surface area (Å²) in [6, 6.07) is 8.43. The summed E-state index contributed by atoms with van der Waals surface area (Å²) in [5.74, 6) is -0.343. The number of carbonyl (C=O) groups is 2. The van der Waals surface area contributed by atoms with Gasteiger partial charge >= 0.3 is 0 Å². The Hall–Kier alpha value is -1.77. The number of sulfonamides is 1. The van der Waals surface area contributed by atoms with Gasteiger partial charge in [0.2, 0.25) is 21.8 Å². The zero-order valence-corrected chi connectivity index (χ0v) is 16.1. The summed E-state index contributed by atoms with van der Waals surface area (Å²) < 4.78 is 26.9. The summed E-state index contributed by atoms with van der Waals surface area (Å²) in [6.07, 6.45) is 3.66. The highest BCUT2D eigenvalue weighted by Gasteiger charge is 2.48. The van der Waals surface area contributed by atoms with Crippen LogP contribution in [0.1, 0.15) is 25.7 Å². The second-order valence-electron chi connectivity index (χ2n) is 7.58. The molecule has 1 aliphatic carbocycles. The molecular weight excluding hydrogens is 366 g/mol. The van der Waals surface area contributed by atoms with Gasteiger partial charge < -0.3 is 0 Å². The first kappa shape index (κ1) is 18.6. The maximum Gasteiger partial charge on any atom is 0.243 e. The molecular formula is C19H25N3O4S. The van der Waals surface area contributed by atoms with Crippen LogP contribution in [0.4, 0.5) is 0 Å². The fraction of sp³-hybridized carbons (Fsp3) is 0.579. The van der Waals surface area contributed by atoms with Gasteiger partial charge in [0.05, 0.1) is 23.4 Å². The number of fused-ring (bicyclic) bond motifs is 1. The molecule has 2 aliphatic heterocycles. The molecule has 2 heterocycles. The Kier molecular flexibility index (Phi) is 5.05. The van der Waals surface area contributed by atoms with Gasteiger partial charge in [0.15, 0.2) is 0 Å². The molecule has 2 amide bonds. The van der Waals surface area contributed by atoms with Crippen LogP contribution in [0.25, 0.3) is 0 Å². The van der Waals surface area contributed by atoms with E-state index < -0.39 is 10.0 Å². The number of amides is 2. The molecule has 0 unspecified atom stereocenters. The normalized spacial score (nSPS) is 27.8. The third-order valence-electron chi connectivity index (χ3n) is 5.99. The molecule has 8 heteroatoms. The van der Waals surface area contributed by atoms with Crippen molar-refractivity contribution in [3.8, 4) is 0 Å². The van der Waals surface area contributed by atoms with Crippen LogP contribution in [-0.2, 0) is 19.6 Å². The minimum Gasteiger partial charge on any atom is -0.283 e. The van der Waals surface area contributed by atoms with Crippen LogP contribution in [0.2, 0.25) is 0 Å². The number of rotatable bonds is 4. The number of nitrogens with zero attached hydrogens (tertiary/aromatic N) is 3. The topological polar surface area (TPSA) is 78.0 Å². The molecule has 2 saturated heterocycles. The molecule has 1 aromatic rings. The number of imide groups is 1. The van der Waals surface area contributed by atoms with Crippen LogP contribution < -0.4 is 0 Å². The average Bonchev–Trinajstić information content (AvgIpc) is 2.94. The van der Waals surface area contributed by atoms with Crippen LogP contribution in [0.3, 0.4) is 0 Å². The van der Waals surface area contributed by atoms with Crippen molar-refractivity contribution >= 4 is 21.8 Å². The number of carbonyl (C=O) groups excluding carboxylic acids is 2. The molecule has 3 aliphatic rings. The Morgan fingerprint density at radius 1 is 0.852 bits per heavy atom.